The summed E-state index contributed by atoms with van der Waals surface area (Å²) in [6.07, 6.45) is 2.53. The Bertz CT molecular complexity index is 390. The highest BCUT2D eigenvalue weighted by molar-refractivity contribution is 5.95. The first kappa shape index (κ1) is 9.97. The van der Waals surface area contributed by atoms with E-state index >= 15 is 0 Å². The fourth-order valence-corrected chi connectivity index (χ4v) is 1.73. The van der Waals surface area contributed by atoms with Crippen LogP contribution in [0.3, 0.4) is 0 Å². The molecule has 0 saturated heterocycles. The van der Waals surface area contributed by atoms with Gasteiger partial charge in [0.1, 0.15) is 5.75 Å². The van der Waals surface area contributed by atoms with Gasteiger partial charge in [0, 0.05) is 6.42 Å². The topological polar surface area (TPSA) is 26.3 Å². The number of Topliss-reactive ketones (excluding diaryl/α,β-unsaturated/α-hetero) is 1. The van der Waals surface area contributed by atoms with E-state index in [1.54, 1.807) is 0 Å². The van der Waals surface area contributed by atoms with Crippen molar-refractivity contribution in [1.82, 2.24) is 0 Å². The van der Waals surface area contributed by atoms with Crippen LogP contribution in [0.1, 0.15) is 26.2 Å². The lowest BCUT2D eigenvalue weighted by Gasteiger charge is -2.16. The fraction of sp³-hybridized carbons (Fsp3) is 0.308. The summed E-state index contributed by atoms with van der Waals surface area (Å²) in [5, 5.41) is 0. The van der Waals surface area contributed by atoms with Crippen molar-refractivity contribution in [3.8, 4) is 5.75 Å². The molecule has 0 aliphatic heterocycles. The van der Waals surface area contributed by atoms with Gasteiger partial charge in [-0.2, -0.15) is 0 Å². The van der Waals surface area contributed by atoms with Gasteiger partial charge in [0.15, 0.2) is 11.5 Å². The standard InChI is InChI=1S/C13H14O2/c1-10-6-5-9-12(14)13(10)15-11-7-3-2-4-8-11/h2-4,7-8H,5-6,9H2,1H3. The number of hydrogen-bond donors (Lipinski definition) is 0. The van der Waals surface area contributed by atoms with Crippen molar-refractivity contribution in [2.45, 2.75) is 26.2 Å². The lowest BCUT2D eigenvalue weighted by Crippen LogP contribution is -2.15. The first-order valence-electron chi connectivity index (χ1n) is 5.23. The Balaban J connectivity index is 2.21. The van der Waals surface area contributed by atoms with Crippen LogP contribution in [-0.4, -0.2) is 5.78 Å². The summed E-state index contributed by atoms with van der Waals surface area (Å²) >= 11 is 0. The van der Waals surface area contributed by atoms with Crippen molar-refractivity contribution in [3.05, 3.63) is 41.7 Å². The van der Waals surface area contributed by atoms with Gasteiger partial charge < -0.3 is 4.74 Å². The van der Waals surface area contributed by atoms with Crippen LogP contribution in [0.5, 0.6) is 5.75 Å². The molecule has 0 fully saturated rings. The predicted octanol–water partition coefficient (Wildman–Crippen LogP) is 3.09. The highest BCUT2D eigenvalue weighted by Gasteiger charge is 2.19. The first-order chi connectivity index (χ1) is 7.27. The molecule has 0 aromatic heterocycles. The molecule has 1 aliphatic carbocycles. The van der Waals surface area contributed by atoms with E-state index < -0.39 is 0 Å². The van der Waals surface area contributed by atoms with E-state index in [4.69, 9.17) is 4.74 Å². The molecule has 0 unspecified atom stereocenters. The summed E-state index contributed by atoms with van der Waals surface area (Å²) in [5.41, 5.74) is 1.06. The summed E-state index contributed by atoms with van der Waals surface area (Å²) in [6, 6.07) is 9.46. The van der Waals surface area contributed by atoms with Crippen LogP contribution in [0.4, 0.5) is 0 Å². The Morgan fingerprint density at radius 2 is 1.87 bits per heavy atom. The Morgan fingerprint density at radius 3 is 2.53 bits per heavy atom. The monoisotopic (exact) mass is 202 g/mol. The SMILES string of the molecule is CC1=C(Oc2ccccc2)C(=O)CCC1. The predicted molar refractivity (Wildman–Crippen MR) is 58.6 cm³/mol. The third kappa shape index (κ3) is 2.27. The molecule has 0 bridgehead atoms. The number of hydrogen-bond acceptors (Lipinski definition) is 2. The van der Waals surface area contributed by atoms with Crippen molar-refractivity contribution in [2.75, 3.05) is 0 Å². The molecular weight excluding hydrogens is 188 g/mol. The third-order valence-corrected chi connectivity index (χ3v) is 2.56. The zero-order chi connectivity index (χ0) is 10.7. The van der Waals surface area contributed by atoms with Crippen LogP contribution in [0, 0.1) is 0 Å². The Kier molecular flexibility index (Phi) is 2.86. The lowest BCUT2D eigenvalue weighted by atomic mass is 9.98. The maximum absolute atomic E-state index is 11.6. The second-order valence-corrected chi connectivity index (χ2v) is 3.80. The molecule has 2 heteroatoms. The van der Waals surface area contributed by atoms with E-state index in [0.29, 0.717) is 12.2 Å². The summed E-state index contributed by atoms with van der Waals surface area (Å²) in [6.45, 7) is 1.97. The van der Waals surface area contributed by atoms with Crippen LogP contribution in [0.2, 0.25) is 0 Å². The highest BCUT2D eigenvalue weighted by atomic mass is 16.5. The molecule has 0 N–H and O–H groups in total. The zero-order valence-corrected chi connectivity index (χ0v) is 8.82. The molecule has 2 nitrogen and oxygen atoms in total. The molecule has 1 aromatic carbocycles. The number of carbonyl (C=O) groups excluding carboxylic acids is 1. The Hall–Kier alpha value is -1.57. The summed E-state index contributed by atoms with van der Waals surface area (Å²) < 4.78 is 5.61. The van der Waals surface area contributed by atoms with Crippen LogP contribution in [-0.2, 0) is 4.79 Å². The van der Waals surface area contributed by atoms with Gasteiger partial charge in [0.2, 0.25) is 0 Å². The van der Waals surface area contributed by atoms with Gasteiger partial charge in [-0.1, -0.05) is 18.2 Å². The van der Waals surface area contributed by atoms with E-state index in [9.17, 15) is 4.79 Å². The first-order valence-corrected chi connectivity index (χ1v) is 5.23. The number of ether oxygens (including phenoxy) is 1. The molecule has 1 aromatic rings. The van der Waals surface area contributed by atoms with Crippen LogP contribution < -0.4 is 4.74 Å². The number of allylic oxidation sites excluding steroid dienone is 2. The van der Waals surface area contributed by atoms with E-state index in [0.717, 1.165) is 24.2 Å². The van der Waals surface area contributed by atoms with Crippen molar-refractivity contribution in [1.29, 1.82) is 0 Å². The van der Waals surface area contributed by atoms with Gasteiger partial charge in [-0.15, -0.1) is 0 Å². The van der Waals surface area contributed by atoms with Gasteiger partial charge in [-0.25, -0.2) is 0 Å². The fourth-order valence-electron chi connectivity index (χ4n) is 1.73. The highest BCUT2D eigenvalue weighted by Crippen LogP contribution is 2.24. The van der Waals surface area contributed by atoms with E-state index in [1.165, 1.54) is 0 Å². The van der Waals surface area contributed by atoms with Crippen LogP contribution in [0.25, 0.3) is 0 Å². The smallest absolute Gasteiger partial charge is 0.197 e. The maximum Gasteiger partial charge on any atom is 0.197 e. The maximum atomic E-state index is 11.6. The number of carbonyl (C=O) groups is 1. The van der Waals surface area contributed by atoms with E-state index in [2.05, 4.69) is 0 Å². The van der Waals surface area contributed by atoms with E-state index in [-0.39, 0.29) is 5.78 Å². The molecule has 0 radical (unpaired) electrons. The summed E-state index contributed by atoms with van der Waals surface area (Å²) in [5.74, 6) is 1.41. The van der Waals surface area contributed by atoms with Crippen molar-refractivity contribution in [2.24, 2.45) is 0 Å². The zero-order valence-electron chi connectivity index (χ0n) is 8.82. The molecular formula is C13H14O2. The molecule has 0 spiro atoms. The van der Waals surface area contributed by atoms with Crippen LogP contribution in [0.15, 0.2) is 41.7 Å². The molecule has 15 heavy (non-hydrogen) atoms. The molecule has 0 atom stereocenters. The normalized spacial score (nSPS) is 16.7. The minimum atomic E-state index is 0.127. The molecule has 0 saturated carbocycles. The van der Waals surface area contributed by atoms with Gasteiger partial charge >= 0.3 is 0 Å². The average Bonchev–Trinajstić information content (AvgIpc) is 2.25. The number of benzene rings is 1. The number of rotatable bonds is 2. The largest absolute Gasteiger partial charge is 0.454 e. The molecule has 1 aliphatic rings. The quantitative estimate of drug-likeness (QED) is 0.736. The van der Waals surface area contributed by atoms with Crippen molar-refractivity contribution >= 4 is 5.78 Å². The lowest BCUT2D eigenvalue weighted by molar-refractivity contribution is -0.118. The van der Waals surface area contributed by atoms with Gasteiger partial charge in [0.25, 0.3) is 0 Å². The summed E-state index contributed by atoms with van der Waals surface area (Å²) in [7, 11) is 0. The average molecular weight is 202 g/mol. The Morgan fingerprint density at radius 1 is 1.13 bits per heavy atom. The van der Waals surface area contributed by atoms with E-state index in [1.807, 2.05) is 37.3 Å². The van der Waals surface area contributed by atoms with Crippen LogP contribution >= 0.6 is 0 Å². The Labute approximate surface area is 89.6 Å². The van der Waals surface area contributed by atoms with Gasteiger partial charge in [-0.05, 0) is 37.5 Å². The molecule has 78 valence electrons. The van der Waals surface area contributed by atoms with Gasteiger partial charge in [-0.3, -0.25) is 4.79 Å². The van der Waals surface area contributed by atoms with Gasteiger partial charge in [0.05, 0.1) is 0 Å². The molecule has 0 amide bonds. The molecule has 2 rings (SSSR count). The van der Waals surface area contributed by atoms with Crippen molar-refractivity contribution in [3.63, 3.8) is 0 Å². The van der Waals surface area contributed by atoms with Crippen molar-refractivity contribution < 1.29 is 9.53 Å². The number of para-hydroxylation sites is 1. The minimum Gasteiger partial charge on any atom is -0.454 e. The number of ketones is 1. The summed E-state index contributed by atoms with van der Waals surface area (Å²) in [4.78, 5) is 11.6. The molecule has 0 heterocycles. The third-order valence-electron chi connectivity index (χ3n) is 2.56. The second kappa shape index (κ2) is 4.30. The second-order valence-electron chi connectivity index (χ2n) is 3.80. The minimum absolute atomic E-state index is 0.127.